The maximum Gasteiger partial charge on any atom is 0.302 e. The molecule has 0 spiro atoms. The molecule has 0 fully saturated rings. The highest BCUT2D eigenvalue weighted by Gasteiger charge is 2.06. The molecular formula is C12H16O4. The average Bonchev–Trinajstić information content (AvgIpc) is 2.28. The molecule has 88 valence electrons. The predicted octanol–water partition coefficient (Wildman–Crippen LogP) is 1.13. The first kappa shape index (κ1) is 12.7. The first-order valence-corrected chi connectivity index (χ1v) is 5.11. The van der Waals surface area contributed by atoms with E-state index in [4.69, 9.17) is 4.74 Å². The van der Waals surface area contributed by atoms with Crippen LogP contribution in [0.5, 0.6) is 0 Å². The number of hydrogen-bond donors (Lipinski definition) is 1. The molecule has 0 bridgehead atoms. The van der Waals surface area contributed by atoms with E-state index >= 15 is 0 Å². The van der Waals surface area contributed by atoms with Gasteiger partial charge in [-0.05, 0) is 5.56 Å². The Hall–Kier alpha value is -1.39. The quantitative estimate of drug-likeness (QED) is 0.736. The lowest BCUT2D eigenvalue weighted by molar-refractivity contribution is -0.145. The number of ether oxygens (including phenoxy) is 2. The molecule has 4 heteroatoms. The highest BCUT2D eigenvalue weighted by molar-refractivity contribution is 5.65. The smallest absolute Gasteiger partial charge is 0.302 e. The maximum absolute atomic E-state index is 10.5. The fourth-order valence-electron chi connectivity index (χ4n) is 1.15. The third-order valence-electron chi connectivity index (χ3n) is 1.90. The average molecular weight is 224 g/mol. The van der Waals surface area contributed by atoms with Gasteiger partial charge in [0.1, 0.15) is 12.7 Å². The summed E-state index contributed by atoms with van der Waals surface area (Å²) < 4.78 is 9.91. The summed E-state index contributed by atoms with van der Waals surface area (Å²) in [7, 11) is 0. The van der Waals surface area contributed by atoms with E-state index in [1.807, 2.05) is 30.3 Å². The molecular weight excluding hydrogens is 208 g/mol. The largest absolute Gasteiger partial charge is 0.463 e. The van der Waals surface area contributed by atoms with Crippen molar-refractivity contribution in [3.05, 3.63) is 35.9 Å². The second-order valence-corrected chi connectivity index (χ2v) is 3.46. The summed E-state index contributed by atoms with van der Waals surface area (Å²) in [6, 6.07) is 9.66. The van der Waals surface area contributed by atoms with Gasteiger partial charge in [-0.3, -0.25) is 4.79 Å². The van der Waals surface area contributed by atoms with Crippen molar-refractivity contribution in [1.29, 1.82) is 0 Å². The maximum atomic E-state index is 10.5. The molecule has 0 saturated carbocycles. The molecule has 0 amide bonds. The highest BCUT2D eigenvalue weighted by atomic mass is 16.5. The van der Waals surface area contributed by atoms with Gasteiger partial charge >= 0.3 is 5.97 Å². The van der Waals surface area contributed by atoms with Gasteiger partial charge < -0.3 is 14.6 Å². The SMILES string of the molecule is CC(=O)OC[C@@H](O)COCc1ccccc1. The molecule has 0 radical (unpaired) electrons. The first-order chi connectivity index (χ1) is 7.68. The van der Waals surface area contributed by atoms with Crippen LogP contribution in [0, 0.1) is 0 Å². The van der Waals surface area contributed by atoms with E-state index in [1.54, 1.807) is 0 Å². The molecule has 0 heterocycles. The molecule has 16 heavy (non-hydrogen) atoms. The Morgan fingerprint density at radius 3 is 2.62 bits per heavy atom. The van der Waals surface area contributed by atoms with Gasteiger partial charge in [0, 0.05) is 6.92 Å². The van der Waals surface area contributed by atoms with Crippen LogP contribution in [-0.2, 0) is 20.9 Å². The third kappa shape index (κ3) is 5.48. The van der Waals surface area contributed by atoms with Gasteiger partial charge in [-0.1, -0.05) is 30.3 Å². The molecule has 1 aromatic rings. The zero-order valence-corrected chi connectivity index (χ0v) is 9.26. The Morgan fingerprint density at radius 1 is 1.31 bits per heavy atom. The number of hydrogen-bond acceptors (Lipinski definition) is 4. The highest BCUT2D eigenvalue weighted by Crippen LogP contribution is 2.01. The second-order valence-electron chi connectivity index (χ2n) is 3.46. The molecule has 1 atom stereocenters. The van der Waals surface area contributed by atoms with Crippen LogP contribution in [-0.4, -0.2) is 30.4 Å². The van der Waals surface area contributed by atoms with Crippen LogP contribution >= 0.6 is 0 Å². The van der Waals surface area contributed by atoms with Gasteiger partial charge in [0.25, 0.3) is 0 Å². The van der Waals surface area contributed by atoms with Crippen molar-refractivity contribution in [2.45, 2.75) is 19.6 Å². The van der Waals surface area contributed by atoms with Crippen LogP contribution in [0.15, 0.2) is 30.3 Å². The number of carbonyl (C=O) groups is 1. The zero-order chi connectivity index (χ0) is 11.8. The summed E-state index contributed by atoms with van der Waals surface area (Å²) in [5, 5.41) is 9.37. The minimum atomic E-state index is -0.771. The van der Waals surface area contributed by atoms with Gasteiger partial charge in [-0.15, -0.1) is 0 Å². The fraction of sp³-hybridized carbons (Fsp3) is 0.417. The van der Waals surface area contributed by atoms with Crippen molar-refractivity contribution in [2.24, 2.45) is 0 Å². The lowest BCUT2D eigenvalue weighted by Gasteiger charge is -2.10. The summed E-state index contributed by atoms with van der Waals surface area (Å²) in [5.41, 5.74) is 1.04. The lowest BCUT2D eigenvalue weighted by Crippen LogP contribution is -2.22. The van der Waals surface area contributed by atoms with Gasteiger partial charge in [0.05, 0.1) is 13.2 Å². The van der Waals surface area contributed by atoms with Crippen molar-refractivity contribution in [3.63, 3.8) is 0 Å². The first-order valence-electron chi connectivity index (χ1n) is 5.11. The molecule has 4 nitrogen and oxygen atoms in total. The topological polar surface area (TPSA) is 55.8 Å². The van der Waals surface area contributed by atoms with Gasteiger partial charge in [-0.25, -0.2) is 0 Å². The normalized spacial score (nSPS) is 12.1. The molecule has 0 saturated heterocycles. The second kappa shape index (κ2) is 6.98. The lowest BCUT2D eigenvalue weighted by atomic mass is 10.2. The van der Waals surface area contributed by atoms with Gasteiger partial charge in [-0.2, -0.15) is 0 Å². The van der Waals surface area contributed by atoms with E-state index in [1.165, 1.54) is 6.92 Å². The summed E-state index contributed by atoms with van der Waals surface area (Å²) in [6.07, 6.45) is -0.771. The van der Waals surface area contributed by atoms with E-state index in [0.717, 1.165) is 5.56 Å². The monoisotopic (exact) mass is 224 g/mol. The summed E-state index contributed by atoms with van der Waals surface area (Å²) in [4.78, 5) is 10.5. The number of benzene rings is 1. The molecule has 0 aliphatic carbocycles. The molecule has 0 aliphatic rings. The summed E-state index contributed by atoms with van der Waals surface area (Å²) in [5.74, 6) is -0.401. The number of carbonyl (C=O) groups excluding carboxylic acids is 1. The van der Waals surface area contributed by atoms with Crippen LogP contribution in [0.25, 0.3) is 0 Å². The minimum absolute atomic E-state index is 0.0237. The zero-order valence-electron chi connectivity index (χ0n) is 9.26. The van der Waals surface area contributed by atoms with Gasteiger partial charge in [0.15, 0.2) is 0 Å². The Kier molecular flexibility index (Phi) is 5.53. The van der Waals surface area contributed by atoms with Crippen molar-refractivity contribution in [1.82, 2.24) is 0 Å². The third-order valence-corrected chi connectivity index (χ3v) is 1.90. The molecule has 1 N–H and O–H groups in total. The number of esters is 1. The van der Waals surface area contributed by atoms with Crippen LogP contribution in [0.3, 0.4) is 0 Å². The summed E-state index contributed by atoms with van der Waals surface area (Å²) in [6.45, 7) is 1.88. The number of rotatable bonds is 6. The molecule has 0 unspecified atom stereocenters. The number of aliphatic hydroxyl groups is 1. The molecule has 0 aromatic heterocycles. The van der Waals surface area contributed by atoms with E-state index in [2.05, 4.69) is 4.74 Å². The van der Waals surface area contributed by atoms with E-state index in [0.29, 0.717) is 6.61 Å². The van der Waals surface area contributed by atoms with Gasteiger partial charge in [0.2, 0.25) is 0 Å². The van der Waals surface area contributed by atoms with Crippen LogP contribution < -0.4 is 0 Å². The molecule has 1 rings (SSSR count). The van der Waals surface area contributed by atoms with E-state index in [9.17, 15) is 9.90 Å². The molecule has 0 aliphatic heterocycles. The Bertz CT molecular complexity index is 310. The standard InChI is InChI=1S/C12H16O4/c1-10(13)16-9-12(14)8-15-7-11-5-3-2-4-6-11/h2-6,12,14H,7-9H2,1H3/t12-/m0/s1. The fourth-order valence-corrected chi connectivity index (χ4v) is 1.15. The summed E-state index contributed by atoms with van der Waals surface area (Å²) >= 11 is 0. The van der Waals surface area contributed by atoms with E-state index < -0.39 is 12.1 Å². The van der Waals surface area contributed by atoms with Crippen molar-refractivity contribution in [3.8, 4) is 0 Å². The van der Waals surface area contributed by atoms with Crippen LogP contribution in [0.1, 0.15) is 12.5 Å². The van der Waals surface area contributed by atoms with Crippen molar-refractivity contribution in [2.75, 3.05) is 13.2 Å². The van der Waals surface area contributed by atoms with Crippen molar-refractivity contribution >= 4 is 5.97 Å². The number of aliphatic hydroxyl groups excluding tert-OH is 1. The predicted molar refractivity (Wildman–Crippen MR) is 58.7 cm³/mol. The van der Waals surface area contributed by atoms with Crippen molar-refractivity contribution < 1.29 is 19.4 Å². The van der Waals surface area contributed by atoms with E-state index in [-0.39, 0.29) is 13.2 Å². The van der Waals surface area contributed by atoms with Crippen LogP contribution in [0.2, 0.25) is 0 Å². The van der Waals surface area contributed by atoms with Crippen LogP contribution in [0.4, 0.5) is 0 Å². The Labute approximate surface area is 94.8 Å². The minimum Gasteiger partial charge on any atom is -0.463 e. The Balaban J connectivity index is 2.13. The Morgan fingerprint density at radius 2 is 2.00 bits per heavy atom. The molecule has 1 aromatic carbocycles.